The zero-order chi connectivity index (χ0) is 38.2. The zero-order valence-electron chi connectivity index (χ0n) is 26.0. The lowest BCUT2D eigenvalue weighted by molar-refractivity contribution is 0.0557. The van der Waals surface area contributed by atoms with E-state index >= 15 is 0 Å². The molecular formula is C32H29Br3Cl2F4O6P2S2. The minimum absolute atomic E-state index is 0.00188. The second-order valence-corrected chi connectivity index (χ2v) is 19.9. The first-order valence-electron chi connectivity index (χ1n) is 14.5. The Morgan fingerprint density at radius 2 is 1.04 bits per heavy atom. The van der Waals surface area contributed by atoms with Gasteiger partial charge in [0.15, 0.2) is 0 Å². The summed E-state index contributed by atoms with van der Waals surface area (Å²) in [6, 6.07) is 21.2. The summed E-state index contributed by atoms with van der Waals surface area (Å²) >= 11 is 24.6. The monoisotopic (exact) mass is 1020 g/mol. The largest absolute Gasteiger partial charge is 0.399 e. The molecule has 0 aromatic heterocycles. The highest BCUT2D eigenvalue weighted by Gasteiger charge is 2.52. The highest BCUT2D eigenvalue weighted by atomic mass is 79.9. The lowest BCUT2D eigenvalue weighted by atomic mass is 10.1. The van der Waals surface area contributed by atoms with Gasteiger partial charge in [0.1, 0.15) is 0 Å². The van der Waals surface area contributed by atoms with E-state index in [4.69, 9.17) is 42.8 Å². The fourth-order valence-electron chi connectivity index (χ4n) is 4.33. The van der Waals surface area contributed by atoms with Crippen LogP contribution in [-0.4, -0.2) is 31.1 Å². The lowest BCUT2D eigenvalue weighted by Gasteiger charge is -2.19. The fourth-order valence-corrected chi connectivity index (χ4v) is 10.1. The molecule has 0 saturated carbocycles. The van der Waals surface area contributed by atoms with E-state index in [0.717, 1.165) is 61.9 Å². The van der Waals surface area contributed by atoms with E-state index in [1.165, 1.54) is 24.3 Å². The van der Waals surface area contributed by atoms with Gasteiger partial charge in [0, 0.05) is 44.4 Å². The van der Waals surface area contributed by atoms with E-state index in [1.54, 1.807) is 29.6 Å². The second-order valence-electron chi connectivity index (χ2n) is 10.8. The van der Waals surface area contributed by atoms with Gasteiger partial charge in [0.25, 0.3) is 0 Å². The number of thioether (sulfide) groups is 2. The Bertz CT molecular complexity index is 1900. The van der Waals surface area contributed by atoms with Gasteiger partial charge >= 0.3 is 26.5 Å². The van der Waals surface area contributed by atoms with Crippen LogP contribution in [0.2, 0.25) is 10.0 Å². The van der Waals surface area contributed by atoms with Crippen molar-refractivity contribution in [2.45, 2.75) is 46.8 Å². The molecule has 4 aromatic carbocycles. The summed E-state index contributed by atoms with van der Waals surface area (Å²) in [5, 5.41) is 1.12. The van der Waals surface area contributed by atoms with Crippen LogP contribution in [0.15, 0.2) is 102 Å². The molecule has 6 nitrogen and oxygen atoms in total. The van der Waals surface area contributed by atoms with Gasteiger partial charge in [-0.25, -0.2) is 0 Å². The molecule has 4 aromatic rings. The fraction of sp³-hybridized carbons (Fsp3) is 0.250. The molecule has 0 atom stereocenters. The van der Waals surface area contributed by atoms with Crippen molar-refractivity contribution in [1.29, 1.82) is 0 Å². The second kappa shape index (κ2) is 19.5. The van der Waals surface area contributed by atoms with Gasteiger partial charge < -0.3 is 19.6 Å². The summed E-state index contributed by atoms with van der Waals surface area (Å²) in [6.07, 6.45) is 2.93. The van der Waals surface area contributed by atoms with Gasteiger partial charge in [-0.15, -0.1) is 23.5 Å². The molecule has 0 radical (unpaired) electrons. The van der Waals surface area contributed by atoms with Crippen LogP contribution in [0.5, 0.6) is 0 Å². The Labute approximate surface area is 336 Å². The van der Waals surface area contributed by atoms with Crippen molar-refractivity contribution in [3.05, 3.63) is 125 Å². The van der Waals surface area contributed by atoms with Gasteiger partial charge in [0.2, 0.25) is 0 Å². The molecule has 0 spiro atoms. The maximum Gasteiger partial charge on any atom is 0.399 e. The van der Waals surface area contributed by atoms with Crippen LogP contribution in [0.4, 0.5) is 17.6 Å². The minimum Gasteiger partial charge on any atom is -0.320 e. The first-order chi connectivity index (χ1) is 23.6. The minimum atomic E-state index is -5.59. The number of hydrogen-bond acceptors (Lipinski definition) is 4. The highest BCUT2D eigenvalue weighted by molar-refractivity contribution is 9.11. The molecule has 0 aliphatic rings. The number of alkyl halides is 4. The zero-order valence-corrected chi connectivity index (χ0v) is 35.7. The van der Waals surface area contributed by atoms with Crippen LogP contribution in [0, 0.1) is 0 Å². The van der Waals surface area contributed by atoms with Crippen molar-refractivity contribution in [3.8, 4) is 0 Å². The number of benzene rings is 4. The van der Waals surface area contributed by atoms with Crippen LogP contribution in [0.3, 0.4) is 0 Å². The van der Waals surface area contributed by atoms with E-state index in [9.17, 15) is 26.7 Å². The van der Waals surface area contributed by atoms with Gasteiger partial charge in [-0.2, -0.15) is 17.6 Å². The first kappa shape index (κ1) is 45.0. The van der Waals surface area contributed by atoms with E-state index in [2.05, 4.69) is 47.8 Å². The number of halogens is 9. The van der Waals surface area contributed by atoms with Gasteiger partial charge in [-0.05, 0) is 96.8 Å². The van der Waals surface area contributed by atoms with Crippen molar-refractivity contribution in [2.24, 2.45) is 0 Å². The average molecular weight is 1020 g/mol. The molecule has 278 valence electrons. The molecule has 0 aliphatic carbocycles. The molecule has 0 amide bonds. The summed E-state index contributed by atoms with van der Waals surface area (Å²) in [5.41, 5.74) is -8.25. The third-order valence-corrected chi connectivity index (χ3v) is 13.2. The summed E-state index contributed by atoms with van der Waals surface area (Å²) in [5.74, 6) is 1.64. The van der Waals surface area contributed by atoms with Gasteiger partial charge in [-0.3, -0.25) is 9.13 Å². The molecule has 0 unspecified atom stereocenters. The summed E-state index contributed by atoms with van der Waals surface area (Å²) in [6.45, 7) is 0. The average Bonchev–Trinajstić information content (AvgIpc) is 3.00. The van der Waals surface area contributed by atoms with Crippen LogP contribution in [0.25, 0.3) is 0 Å². The summed E-state index contributed by atoms with van der Waals surface area (Å²) in [7, 11) is -11.2. The van der Waals surface area contributed by atoms with Crippen LogP contribution in [0.1, 0.15) is 35.1 Å². The number of rotatable bonds is 14. The van der Waals surface area contributed by atoms with Crippen molar-refractivity contribution < 1.29 is 46.3 Å². The molecule has 0 heterocycles. The number of hydrogen-bond donors (Lipinski definition) is 4. The predicted octanol–water partition coefficient (Wildman–Crippen LogP) is 12.9. The number of aryl methyl sites for hydroxylation is 2. The maximum atomic E-state index is 13.8. The maximum absolute atomic E-state index is 13.8. The van der Waals surface area contributed by atoms with Gasteiger partial charge in [-0.1, -0.05) is 101 Å². The highest BCUT2D eigenvalue weighted by Crippen LogP contribution is 2.61. The topological polar surface area (TPSA) is 115 Å². The molecule has 0 aliphatic heterocycles. The third kappa shape index (κ3) is 13.4. The Morgan fingerprint density at radius 1 is 0.608 bits per heavy atom. The van der Waals surface area contributed by atoms with E-state index < -0.39 is 37.6 Å². The van der Waals surface area contributed by atoms with Crippen molar-refractivity contribution in [2.75, 3.05) is 11.5 Å². The quantitative estimate of drug-likeness (QED) is 0.0427. The normalized spacial score (nSPS) is 12.4. The molecule has 0 saturated heterocycles. The van der Waals surface area contributed by atoms with Crippen molar-refractivity contribution in [3.63, 3.8) is 0 Å². The summed E-state index contributed by atoms with van der Waals surface area (Å²) < 4.78 is 78.1. The Kier molecular flexibility index (Phi) is 17.2. The molecular weight excluding hydrogens is 993 g/mol. The Morgan fingerprint density at radius 3 is 1.43 bits per heavy atom. The van der Waals surface area contributed by atoms with E-state index in [-0.39, 0.29) is 8.95 Å². The molecule has 4 N–H and O–H groups in total. The smallest absolute Gasteiger partial charge is 0.320 e. The van der Waals surface area contributed by atoms with Crippen LogP contribution >= 0.6 is 110 Å². The van der Waals surface area contributed by atoms with Crippen molar-refractivity contribution >= 4 is 110 Å². The molecule has 0 bridgehead atoms. The molecule has 0 fully saturated rings. The van der Waals surface area contributed by atoms with E-state index in [1.807, 2.05) is 36.4 Å². The van der Waals surface area contributed by atoms with Crippen LogP contribution < -0.4 is 0 Å². The van der Waals surface area contributed by atoms with E-state index in [0.29, 0.717) is 22.9 Å². The molecule has 51 heavy (non-hydrogen) atoms. The Hall–Kier alpha value is -0.380. The third-order valence-electron chi connectivity index (χ3n) is 6.84. The van der Waals surface area contributed by atoms with Gasteiger partial charge in [0.05, 0.1) is 0 Å². The summed E-state index contributed by atoms with van der Waals surface area (Å²) in [4.78, 5) is 37.4. The molecule has 19 heteroatoms. The SMILES string of the molecule is O=P(O)(O)C(F)(F)c1ccc(CCCSc2cc(Cl)cc(Cl)c2)cc1Br.O=P(O)(O)C(F)(F)c1ccc(CCCSc2cccc(Br)c2)cc1Br. The Balaban J connectivity index is 0.000000276. The lowest BCUT2D eigenvalue weighted by Crippen LogP contribution is -2.14. The molecule has 4 rings (SSSR count). The predicted molar refractivity (Wildman–Crippen MR) is 209 cm³/mol. The standard InChI is InChI=1S/C16H15Br2F2O3PS.C16H14BrCl2F2O3PS/c17-12-4-1-5-13(10-12)25-8-2-3-11-6-7-14(15(18)9-11)16(19,20)24(21,22)23;17-15-6-10(3-4-14(15)16(20,21)25(22,23)24)2-1-5-26-13-8-11(18)7-12(19)9-13/h1,4-7,9-10H,2-3,8H2,(H2,21,22,23);3-4,6-9H,1-2,5H2,(H2,22,23,24). The van der Waals surface area contributed by atoms with Crippen molar-refractivity contribution in [1.82, 2.24) is 0 Å². The van der Waals surface area contributed by atoms with Crippen LogP contribution in [-0.2, 0) is 33.3 Å². The first-order valence-corrected chi connectivity index (χ1v) is 22.9.